The lowest BCUT2D eigenvalue weighted by molar-refractivity contribution is -0.157. The van der Waals surface area contributed by atoms with Gasteiger partial charge in [0.25, 0.3) is 6.47 Å². The summed E-state index contributed by atoms with van der Waals surface area (Å²) >= 11 is 1.53. The van der Waals surface area contributed by atoms with Crippen molar-refractivity contribution in [3.05, 3.63) is 70.1 Å². The van der Waals surface area contributed by atoms with Gasteiger partial charge < -0.3 is 33.7 Å². The van der Waals surface area contributed by atoms with Crippen LogP contribution in [0.1, 0.15) is 224 Å². The largest absolute Gasteiger partial charge is 0.467 e. The Morgan fingerprint density at radius 1 is 0.590 bits per heavy atom. The van der Waals surface area contributed by atoms with Gasteiger partial charge in [-0.05, 0) is 54.1 Å². The summed E-state index contributed by atoms with van der Waals surface area (Å²) in [5.74, 6) is 0.762. The van der Waals surface area contributed by atoms with Crippen molar-refractivity contribution in [1.29, 1.82) is 0 Å². The summed E-state index contributed by atoms with van der Waals surface area (Å²) < 4.78 is 32.8. The average Bonchev–Trinajstić information content (AvgIpc) is 3.85. The van der Waals surface area contributed by atoms with E-state index in [4.69, 9.17) is 34.0 Å². The van der Waals surface area contributed by atoms with Crippen molar-refractivity contribution in [2.75, 3.05) is 78.0 Å². The highest BCUT2D eigenvalue weighted by molar-refractivity contribution is 7.99. The van der Waals surface area contributed by atoms with Crippen LogP contribution in [0.4, 0.5) is 0 Å². The minimum atomic E-state index is -0.553. The van der Waals surface area contributed by atoms with Gasteiger partial charge in [-0.2, -0.15) is 11.8 Å². The smallest absolute Gasteiger partial charge is 0.306 e. The number of ketones is 1. The SMILES string of the molecule is CCCCCCCCCCCCCCCC(=O)OCC(CSCC(NC)C(=O)CCCOCCOCCOCCN=[N+]=[N-])OC(=O)CCCCCCCCCCCCCCC.O=COCC1c2ccccc2-c2ccccc21. The molecule has 0 saturated carbocycles. The van der Waals surface area contributed by atoms with Crippen LogP contribution in [0.15, 0.2) is 53.6 Å². The Morgan fingerprint density at radius 3 is 1.51 bits per heavy atom. The maximum Gasteiger partial charge on any atom is 0.306 e. The number of esters is 2. The number of likely N-dealkylation sites (N-methyl/N-ethyl adjacent to an activating group) is 1. The van der Waals surface area contributed by atoms with E-state index in [-0.39, 0.29) is 36.3 Å². The predicted octanol–water partition coefficient (Wildman–Crippen LogP) is 15.4. The molecule has 3 rings (SSSR count). The van der Waals surface area contributed by atoms with Gasteiger partial charge in [0.05, 0.1) is 39.1 Å². The van der Waals surface area contributed by atoms with Crippen LogP contribution in [0.25, 0.3) is 21.6 Å². The third-order valence-electron chi connectivity index (χ3n) is 14.2. The summed E-state index contributed by atoms with van der Waals surface area (Å²) in [7, 11) is 1.78. The number of hydrogen-bond donors (Lipinski definition) is 1. The fourth-order valence-corrected chi connectivity index (χ4v) is 10.8. The zero-order valence-electron chi connectivity index (χ0n) is 48.8. The van der Waals surface area contributed by atoms with E-state index < -0.39 is 6.10 Å². The number of azide groups is 1. The summed E-state index contributed by atoms with van der Waals surface area (Å²) in [6.07, 6.45) is 33.7. The molecule has 0 aromatic heterocycles. The van der Waals surface area contributed by atoms with Crippen LogP contribution in [0.2, 0.25) is 0 Å². The number of unbranched alkanes of at least 4 members (excludes halogenated alkanes) is 24. The van der Waals surface area contributed by atoms with E-state index in [0.29, 0.717) is 96.5 Å². The van der Waals surface area contributed by atoms with Crippen molar-refractivity contribution >= 4 is 36.0 Å². The Bertz CT molecular complexity index is 1810. The first-order valence-electron chi connectivity index (χ1n) is 30.5. The van der Waals surface area contributed by atoms with Crippen molar-refractivity contribution in [2.24, 2.45) is 5.11 Å². The summed E-state index contributed by atoms with van der Waals surface area (Å²) in [5.41, 5.74) is 13.2. The zero-order valence-corrected chi connectivity index (χ0v) is 49.6. The van der Waals surface area contributed by atoms with Gasteiger partial charge in [-0.15, -0.1) is 0 Å². The molecule has 78 heavy (non-hydrogen) atoms. The molecule has 2 atom stereocenters. The molecule has 0 heterocycles. The fraction of sp³-hybridized carbons (Fsp3) is 0.746. The average molecular weight is 1110 g/mol. The molecule has 0 amide bonds. The lowest BCUT2D eigenvalue weighted by atomic mass is 9.98. The quantitative estimate of drug-likeness (QED) is 0.0126. The van der Waals surface area contributed by atoms with E-state index in [2.05, 4.69) is 53.5 Å². The second-order valence-electron chi connectivity index (χ2n) is 20.7. The van der Waals surface area contributed by atoms with Gasteiger partial charge in [0.1, 0.15) is 19.3 Å². The zero-order chi connectivity index (χ0) is 56.2. The maximum atomic E-state index is 13.0. The molecule has 2 aromatic carbocycles. The summed E-state index contributed by atoms with van der Waals surface area (Å²) in [6.45, 7) is 8.34. The monoisotopic (exact) mass is 1110 g/mol. The highest BCUT2D eigenvalue weighted by Crippen LogP contribution is 2.44. The fourth-order valence-electron chi connectivity index (χ4n) is 9.64. The molecular formula is C63H104N4O10S. The molecule has 1 aliphatic rings. The number of nitrogens with zero attached hydrogens (tertiary/aromatic N) is 3. The van der Waals surface area contributed by atoms with Crippen molar-refractivity contribution in [3.8, 4) is 11.1 Å². The molecule has 14 nitrogen and oxygen atoms in total. The van der Waals surface area contributed by atoms with Crippen LogP contribution in [-0.2, 0) is 47.6 Å². The van der Waals surface area contributed by atoms with Gasteiger partial charge >= 0.3 is 11.9 Å². The maximum absolute atomic E-state index is 13.0. The topological polar surface area (TPSA) is 184 Å². The first-order chi connectivity index (χ1) is 38.4. The number of Topliss-reactive ketones (excluding diaryl/α,β-unsaturated/α-hetero) is 1. The Morgan fingerprint density at radius 2 is 1.04 bits per heavy atom. The van der Waals surface area contributed by atoms with Crippen LogP contribution in [0, 0.1) is 0 Å². The minimum absolute atomic E-state index is 0.0400. The van der Waals surface area contributed by atoms with Crippen molar-refractivity contribution in [2.45, 2.75) is 225 Å². The number of carbonyl (C=O) groups is 4. The van der Waals surface area contributed by atoms with Gasteiger partial charge in [0, 0.05) is 54.7 Å². The summed E-state index contributed by atoms with van der Waals surface area (Å²) in [5, 5.41) is 6.53. The van der Waals surface area contributed by atoms with E-state index in [1.165, 1.54) is 162 Å². The van der Waals surface area contributed by atoms with E-state index in [1.807, 2.05) is 24.3 Å². The molecule has 0 bridgehead atoms. The number of nitrogens with one attached hydrogen (secondary N) is 1. The van der Waals surface area contributed by atoms with E-state index in [1.54, 1.807) is 7.05 Å². The van der Waals surface area contributed by atoms with Crippen LogP contribution >= 0.6 is 11.8 Å². The Kier molecular flexibility index (Phi) is 46.0. The van der Waals surface area contributed by atoms with Gasteiger partial charge in [-0.3, -0.25) is 19.2 Å². The lowest BCUT2D eigenvalue weighted by Crippen LogP contribution is -2.37. The van der Waals surface area contributed by atoms with Crippen LogP contribution < -0.4 is 5.32 Å². The Balaban J connectivity index is 0.00000101. The van der Waals surface area contributed by atoms with Crippen molar-refractivity contribution in [3.63, 3.8) is 0 Å². The molecule has 15 heteroatoms. The van der Waals surface area contributed by atoms with Gasteiger partial charge in [0.2, 0.25) is 0 Å². The first kappa shape index (κ1) is 70.1. The van der Waals surface area contributed by atoms with Gasteiger partial charge in [0.15, 0.2) is 5.78 Å². The summed E-state index contributed by atoms with van der Waals surface area (Å²) in [6, 6.07) is 16.2. The molecule has 0 radical (unpaired) electrons. The van der Waals surface area contributed by atoms with E-state index >= 15 is 0 Å². The molecule has 2 aromatic rings. The molecule has 2 unspecified atom stereocenters. The standard InChI is InChI=1S/C48H92N4O8S.C15H12O2/c1-4-6-8-10-12-14-16-18-20-22-24-26-28-32-47(54)59-41-44(60-48(55)33-29-27-25-23-21-19-17-15-13-11-9-7-5-2)42-61-43-45(50-3)46(53)31-30-35-56-37-39-58-40-38-57-36-34-51-52-49;16-10-17-9-15-13-7-3-1-5-11(13)12-6-2-4-8-14(12)15/h44-45,50H,4-43H2,1-3H3;1-8,10,15H,9H2. The van der Waals surface area contributed by atoms with Crippen LogP contribution in [0.5, 0.6) is 0 Å². The van der Waals surface area contributed by atoms with Crippen LogP contribution in [0.3, 0.4) is 0 Å². The Hall–Kier alpha value is -3.98. The number of thioether (sulfide) groups is 1. The molecule has 442 valence electrons. The molecular weight excluding hydrogens is 1000 g/mol. The second kappa shape index (κ2) is 51.2. The number of benzene rings is 2. The molecule has 0 aliphatic heterocycles. The third kappa shape index (κ3) is 36.3. The molecule has 0 saturated heterocycles. The lowest BCUT2D eigenvalue weighted by Gasteiger charge is -2.20. The van der Waals surface area contributed by atoms with Gasteiger partial charge in [-0.1, -0.05) is 222 Å². The second-order valence-corrected chi connectivity index (χ2v) is 21.8. The number of rotatable bonds is 53. The molecule has 1 aliphatic carbocycles. The molecule has 0 fully saturated rings. The predicted molar refractivity (Wildman–Crippen MR) is 318 cm³/mol. The highest BCUT2D eigenvalue weighted by atomic mass is 32.2. The minimum Gasteiger partial charge on any atom is -0.467 e. The highest BCUT2D eigenvalue weighted by Gasteiger charge is 2.28. The van der Waals surface area contributed by atoms with Crippen molar-refractivity contribution < 1.29 is 47.6 Å². The van der Waals surface area contributed by atoms with Crippen molar-refractivity contribution in [1.82, 2.24) is 5.32 Å². The van der Waals surface area contributed by atoms with E-state index in [0.717, 1.165) is 38.5 Å². The Labute approximate surface area is 475 Å². The number of ether oxygens (including phenoxy) is 6. The van der Waals surface area contributed by atoms with E-state index in [9.17, 15) is 19.2 Å². The van der Waals surface area contributed by atoms with Gasteiger partial charge in [-0.25, -0.2) is 0 Å². The normalized spacial score (nSPS) is 12.4. The number of hydrogen-bond acceptors (Lipinski definition) is 13. The molecule has 1 N–H and O–H groups in total. The first-order valence-corrected chi connectivity index (χ1v) is 31.7. The third-order valence-corrected chi connectivity index (χ3v) is 15.3. The van der Waals surface area contributed by atoms with Crippen LogP contribution in [-0.4, -0.2) is 114 Å². The number of carbonyl (C=O) groups excluding carboxylic acids is 4. The summed E-state index contributed by atoms with van der Waals surface area (Å²) in [4.78, 5) is 51.6. The number of fused-ring (bicyclic) bond motifs is 3. The molecule has 0 spiro atoms.